The average Bonchev–Trinajstić information content (AvgIpc) is 2.47. The largest absolute Gasteiger partial charge is 0.484 e. The number of hydrogen-bond acceptors (Lipinski definition) is 3. The topological polar surface area (TPSA) is 49.8 Å². The van der Waals surface area contributed by atoms with Crippen LogP contribution < -0.4 is 4.74 Å². The first-order chi connectivity index (χ1) is 9.65. The summed E-state index contributed by atoms with van der Waals surface area (Å²) < 4.78 is 5.56. The Bertz CT molecular complexity index is 469. The molecule has 0 unspecified atom stereocenters. The molecular formula is C16H23NO3. The summed E-state index contributed by atoms with van der Waals surface area (Å²) in [7, 11) is 0. The second-order valence-electron chi connectivity index (χ2n) is 5.12. The van der Waals surface area contributed by atoms with Crippen LogP contribution in [0.25, 0.3) is 0 Å². The van der Waals surface area contributed by atoms with Crippen molar-refractivity contribution in [2.45, 2.75) is 39.2 Å². The van der Waals surface area contributed by atoms with E-state index in [2.05, 4.69) is 0 Å². The van der Waals surface area contributed by atoms with Gasteiger partial charge in [-0.15, -0.1) is 0 Å². The van der Waals surface area contributed by atoms with Crippen molar-refractivity contribution in [3.8, 4) is 5.75 Å². The molecule has 1 amide bonds. The second kappa shape index (κ2) is 6.75. The van der Waals surface area contributed by atoms with Crippen molar-refractivity contribution in [3.05, 3.63) is 29.3 Å². The van der Waals surface area contributed by atoms with E-state index in [1.807, 2.05) is 32.0 Å². The number of amides is 1. The van der Waals surface area contributed by atoms with Crippen LogP contribution in [0.15, 0.2) is 18.2 Å². The first-order valence-electron chi connectivity index (χ1n) is 7.37. The van der Waals surface area contributed by atoms with Crippen molar-refractivity contribution < 1.29 is 14.6 Å². The molecule has 0 saturated heterocycles. The molecular weight excluding hydrogens is 254 g/mol. The van der Waals surface area contributed by atoms with Gasteiger partial charge in [0.2, 0.25) is 0 Å². The van der Waals surface area contributed by atoms with Gasteiger partial charge in [0, 0.05) is 13.1 Å². The van der Waals surface area contributed by atoms with E-state index in [1.54, 1.807) is 4.90 Å². The second-order valence-corrected chi connectivity index (χ2v) is 5.12. The Morgan fingerprint density at radius 3 is 2.85 bits per heavy atom. The third-order valence-electron chi connectivity index (χ3n) is 3.88. The Morgan fingerprint density at radius 1 is 1.40 bits per heavy atom. The SMILES string of the molecule is CCN(CC)C(=O)COc1ccc2c(c1)[C@H](O)CCC2. The van der Waals surface area contributed by atoms with Gasteiger partial charge in [0.25, 0.3) is 5.91 Å². The highest BCUT2D eigenvalue weighted by molar-refractivity contribution is 5.77. The molecule has 1 N–H and O–H groups in total. The lowest BCUT2D eigenvalue weighted by Crippen LogP contribution is -2.34. The Morgan fingerprint density at radius 2 is 2.15 bits per heavy atom. The molecule has 1 aromatic rings. The minimum atomic E-state index is -0.402. The van der Waals surface area contributed by atoms with Gasteiger partial charge in [-0.25, -0.2) is 0 Å². The number of aliphatic hydroxyl groups is 1. The average molecular weight is 277 g/mol. The van der Waals surface area contributed by atoms with E-state index in [0.29, 0.717) is 18.8 Å². The van der Waals surface area contributed by atoms with E-state index in [1.165, 1.54) is 5.56 Å². The normalized spacial score (nSPS) is 17.4. The molecule has 0 aromatic heterocycles. The highest BCUT2D eigenvalue weighted by atomic mass is 16.5. The van der Waals surface area contributed by atoms with Crippen LogP contribution >= 0.6 is 0 Å². The van der Waals surface area contributed by atoms with E-state index in [9.17, 15) is 9.90 Å². The standard InChI is InChI=1S/C16H23NO3/c1-3-17(4-2)16(19)11-20-13-9-8-12-6-5-7-15(18)14(12)10-13/h8-10,15,18H,3-7,11H2,1-2H3/t15-/m1/s1. The number of nitrogens with zero attached hydrogens (tertiary/aromatic N) is 1. The highest BCUT2D eigenvalue weighted by Crippen LogP contribution is 2.32. The Balaban J connectivity index is 2.00. The van der Waals surface area contributed by atoms with Crippen molar-refractivity contribution in [1.82, 2.24) is 4.90 Å². The fourth-order valence-electron chi connectivity index (χ4n) is 2.65. The monoisotopic (exact) mass is 277 g/mol. The summed E-state index contributed by atoms with van der Waals surface area (Å²) >= 11 is 0. The quantitative estimate of drug-likeness (QED) is 0.898. The zero-order valence-corrected chi connectivity index (χ0v) is 12.3. The molecule has 0 spiro atoms. The third-order valence-corrected chi connectivity index (χ3v) is 3.88. The molecule has 0 saturated carbocycles. The first-order valence-corrected chi connectivity index (χ1v) is 7.37. The number of carbonyl (C=O) groups excluding carboxylic acids is 1. The summed E-state index contributed by atoms with van der Waals surface area (Å²) in [5.74, 6) is 0.651. The maximum absolute atomic E-state index is 11.9. The molecule has 1 atom stereocenters. The number of rotatable bonds is 5. The molecule has 0 bridgehead atoms. The van der Waals surface area contributed by atoms with E-state index in [0.717, 1.165) is 24.8 Å². The van der Waals surface area contributed by atoms with Crippen molar-refractivity contribution in [3.63, 3.8) is 0 Å². The van der Waals surface area contributed by atoms with Crippen LogP contribution in [-0.4, -0.2) is 35.6 Å². The fourth-order valence-corrected chi connectivity index (χ4v) is 2.65. The molecule has 2 rings (SSSR count). The molecule has 0 heterocycles. The van der Waals surface area contributed by atoms with Crippen molar-refractivity contribution >= 4 is 5.91 Å². The van der Waals surface area contributed by atoms with Gasteiger partial charge >= 0.3 is 0 Å². The number of benzene rings is 1. The number of fused-ring (bicyclic) bond motifs is 1. The predicted octanol–water partition coefficient (Wildman–Crippen LogP) is 2.30. The van der Waals surface area contributed by atoms with Gasteiger partial charge in [0.05, 0.1) is 6.10 Å². The lowest BCUT2D eigenvalue weighted by atomic mass is 9.89. The van der Waals surface area contributed by atoms with Gasteiger partial charge < -0.3 is 14.7 Å². The van der Waals surface area contributed by atoms with Crippen LogP contribution in [0.4, 0.5) is 0 Å². The Hall–Kier alpha value is -1.55. The van der Waals surface area contributed by atoms with Crippen LogP contribution in [0.5, 0.6) is 5.75 Å². The van der Waals surface area contributed by atoms with Gasteiger partial charge in [-0.2, -0.15) is 0 Å². The molecule has 0 aliphatic heterocycles. The minimum Gasteiger partial charge on any atom is -0.484 e. The van der Waals surface area contributed by atoms with Gasteiger partial charge in [0.15, 0.2) is 6.61 Å². The molecule has 4 nitrogen and oxygen atoms in total. The lowest BCUT2D eigenvalue weighted by Gasteiger charge is -2.22. The van der Waals surface area contributed by atoms with Gasteiger partial charge in [-0.05, 0) is 56.4 Å². The summed E-state index contributed by atoms with van der Waals surface area (Å²) in [4.78, 5) is 13.6. The van der Waals surface area contributed by atoms with E-state index in [-0.39, 0.29) is 12.5 Å². The van der Waals surface area contributed by atoms with Crippen LogP contribution in [0.1, 0.15) is 43.9 Å². The number of aliphatic hydroxyl groups excluding tert-OH is 1. The molecule has 4 heteroatoms. The maximum Gasteiger partial charge on any atom is 0.260 e. The zero-order valence-electron chi connectivity index (χ0n) is 12.3. The number of hydrogen-bond donors (Lipinski definition) is 1. The Kier molecular flexibility index (Phi) is 5.01. The van der Waals surface area contributed by atoms with Gasteiger partial charge in [0.1, 0.15) is 5.75 Å². The molecule has 0 fully saturated rings. The van der Waals surface area contributed by atoms with Crippen LogP contribution in [0, 0.1) is 0 Å². The fraction of sp³-hybridized carbons (Fsp3) is 0.562. The predicted molar refractivity (Wildman–Crippen MR) is 77.8 cm³/mol. The summed E-state index contributed by atoms with van der Waals surface area (Å²) in [6, 6.07) is 5.75. The van der Waals surface area contributed by atoms with E-state index in [4.69, 9.17) is 4.74 Å². The van der Waals surface area contributed by atoms with Crippen LogP contribution in [0.2, 0.25) is 0 Å². The number of carbonyl (C=O) groups is 1. The maximum atomic E-state index is 11.9. The van der Waals surface area contributed by atoms with Crippen LogP contribution in [-0.2, 0) is 11.2 Å². The minimum absolute atomic E-state index is 0.00623. The third kappa shape index (κ3) is 3.31. The van der Waals surface area contributed by atoms with Crippen molar-refractivity contribution in [1.29, 1.82) is 0 Å². The molecule has 1 aliphatic carbocycles. The zero-order chi connectivity index (χ0) is 14.5. The van der Waals surface area contributed by atoms with E-state index >= 15 is 0 Å². The summed E-state index contributed by atoms with van der Waals surface area (Å²) in [5.41, 5.74) is 2.13. The van der Waals surface area contributed by atoms with Gasteiger partial charge in [-0.3, -0.25) is 4.79 Å². The lowest BCUT2D eigenvalue weighted by molar-refractivity contribution is -0.132. The Labute approximate surface area is 120 Å². The van der Waals surface area contributed by atoms with Crippen molar-refractivity contribution in [2.75, 3.05) is 19.7 Å². The van der Waals surface area contributed by atoms with Gasteiger partial charge in [-0.1, -0.05) is 6.07 Å². The number of aryl methyl sites for hydroxylation is 1. The first kappa shape index (κ1) is 14.9. The summed E-state index contributed by atoms with van der Waals surface area (Å²) in [6.45, 7) is 5.35. The highest BCUT2D eigenvalue weighted by Gasteiger charge is 2.18. The summed E-state index contributed by atoms with van der Waals surface area (Å²) in [5, 5.41) is 10.00. The molecule has 1 aliphatic rings. The number of likely N-dealkylation sites (N-methyl/N-ethyl adjacent to an activating group) is 1. The molecule has 20 heavy (non-hydrogen) atoms. The van der Waals surface area contributed by atoms with E-state index < -0.39 is 6.10 Å². The summed E-state index contributed by atoms with van der Waals surface area (Å²) in [6.07, 6.45) is 2.43. The van der Waals surface area contributed by atoms with Crippen LogP contribution in [0.3, 0.4) is 0 Å². The molecule has 1 aromatic carbocycles. The molecule has 0 radical (unpaired) electrons. The van der Waals surface area contributed by atoms with Crippen molar-refractivity contribution in [2.24, 2.45) is 0 Å². The smallest absolute Gasteiger partial charge is 0.260 e. The number of ether oxygens (including phenoxy) is 1. The molecule has 110 valence electrons.